The number of allylic oxidation sites excluding steroid dienone is 3. The van der Waals surface area contributed by atoms with Gasteiger partial charge < -0.3 is 25.4 Å². The van der Waals surface area contributed by atoms with Crippen LogP contribution in [0.5, 0.6) is 0 Å². The molecule has 3 atom stereocenters. The third kappa shape index (κ3) is 19.9. The van der Waals surface area contributed by atoms with Gasteiger partial charge in [-0.15, -0.1) is 12.6 Å². The number of hydrogen-bond acceptors (Lipinski definition) is 6. The number of aliphatic hydroxyl groups is 3. The van der Waals surface area contributed by atoms with Crippen molar-refractivity contribution in [1.29, 1.82) is 0 Å². The van der Waals surface area contributed by atoms with Crippen molar-refractivity contribution in [3.63, 3.8) is 0 Å². The van der Waals surface area contributed by atoms with Crippen LogP contribution in [0, 0.1) is 11.3 Å². The number of ether oxygens (including phenoxy) is 1. The van der Waals surface area contributed by atoms with Gasteiger partial charge in [0.1, 0.15) is 0 Å². The minimum Gasteiger partial charge on any atom is -0.400 e. The van der Waals surface area contributed by atoms with Crippen LogP contribution >= 0.6 is 12.6 Å². The zero-order valence-electron chi connectivity index (χ0n) is 23.3. The van der Waals surface area contributed by atoms with Gasteiger partial charge in [-0.3, -0.25) is 4.79 Å². The van der Waals surface area contributed by atoms with Gasteiger partial charge in [0, 0.05) is 32.4 Å². The molecule has 1 aliphatic heterocycles. The monoisotopic (exact) mass is 517 g/mol. The highest BCUT2D eigenvalue weighted by atomic mass is 32.1. The first kappa shape index (κ1) is 36.3. The van der Waals surface area contributed by atoms with Crippen LogP contribution in [0.15, 0.2) is 23.1 Å². The molecular weight excluding hydrogens is 462 g/mol. The molecule has 0 aliphatic carbocycles. The summed E-state index contributed by atoms with van der Waals surface area (Å²) >= 11 is 4.32. The van der Waals surface area contributed by atoms with Crippen molar-refractivity contribution in [1.82, 2.24) is 5.32 Å². The Morgan fingerprint density at radius 3 is 2.34 bits per heavy atom. The van der Waals surface area contributed by atoms with E-state index in [9.17, 15) is 9.90 Å². The lowest BCUT2D eigenvalue weighted by Gasteiger charge is -2.30. The molecular formula is C28H55NO5S. The largest absolute Gasteiger partial charge is 0.400 e. The van der Waals surface area contributed by atoms with E-state index in [0.717, 1.165) is 56.2 Å². The van der Waals surface area contributed by atoms with Crippen molar-refractivity contribution < 1.29 is 24.9 Å². The summed E-state index contributed by atoms with van der Waals surface area (Å²) < 4.78 is 5.20. The van der Waals surface area contributed by atoms with E-state index in [1.165, 1.54) is 19.3 Å². The fraction of sp³-hybridized carbons (Fsp3) is 0.821. The molecule has 0 radical (unpaired) electrons. The average Bonchev–Trinajstić information content (AvgIpc) is 2.81. The second kappa shape index (κ2) is 22.3. The van der Waals surface area contributed by atoms with Gasteiger partial charge in [-0.05, 0) is 42.1 Å². The zero-order valence-corrected chi connectivity index (χ0v) is 24.2. The Bertz CT molecular complexity index is 576. The van der Waals surface area contributed by atoms with Crippen molar-refractivity contribution >= 4 is 18.5 Å². The summed E-state index contributed by atoms with van der Waals surface area (Å²) in [6.45, 7) is 16.1. The third-order valence-electron chi connectivity index (χ3n) is 6.27. The van der Waals surface area contributed by atoms with Gasteiger partial charge >= 0.3 is 0 Å². The smallest absolute Gasteiger partial charge is 0.219 e. The maximum absolute atomic E-state index is 11.7. The van der Waals surface area contributed by atoms with Crippen LogP contribution < -0.4 is 5.32 Å². The maximum Gasteiger partial charge on any atom is 0.219 e. The normalized spacial score (nSPS) is 20.2. The molecule has 6 nitrogen and oxygen atoms in total. The van der Waals surface area contributed by atoms with Gasteiger partial charge in [0.2, 0.25) is 5.91 Å². The molecule has 1 saturated heterocycles. The van der Waals surface area contributed by atoms with Gasteiger partial charge in [-0.25, -0.2) is 0 Å². The molecule has 3 unspecified atom stereocenters. The molecule has 1 fully saturated rings. The second-order valence-corrected chi connectivity index (χ2v) is 10.8. The van der Waals surface area contributed by atoms with Gasteiger partial charge in [-0.2, -0.15) is 0 Å². The summed E-state index contributed by atoms with van der Waals surface area (Å²) in [5, 5.41) is 28.0. The zero-order chi connectivity index (χ0) is 27.3. The van der Waals surface area contributed by atoms with E-state index >= 15 is 0 Å². The SMILES string of the molecule is C=C(/C=C(\C)S)C(C)(C)CCCCCC(=O)NCCCCCC.CC1COC(CO)CC1O.CO. The summed E-state index contributed by atoms with van der Waals surface area (Å²) in [7, 11) is 1.00. The van der Waals surface area contributed by atoms with Gasteiger partial charge in [0.05, 0.1) is 25.4 Å². The summed E-state index contributed by atoms with van der Waals surface area (Å²) in [6.07, 6.45) is 12.0. The quantitative estimate of drug-likeness (QED) is 0.120. The molecule has 0 spiro atoms. The van der Waals surface area contributed by atoms with Gasteiger partial charge in [0.25, 0.3) is 0 Å². The number of carbonyl (C=O) groups excluding carboxylic acids is 1. The molecule has 4 N–H and O–H groups in total. The van der Waals surface area contributed by atoms with Crippen molar-refractivity contribution in [3.05, 3.63) is 23.1 Å². The predicted octanol–water partition coefficient (Wildman–Crippen LogP) is 5.42. The molecule has 7 heteroatoms. The highest BCUT2D eigenvalue weighted by Crippen LogP contribution is 2.33. The first-order valence-corrected chi connectivity index (χ1v) is 13.7. The standard InChI is InChI=1S/C20H37NOS.C7H14O3.CH4O/c1-6-7-8-12-15-21-19(22)13-10-9-11-14-20(4,5)17(2)16-18(3)23;1-5-4-10-6(3-8)2-7(5)9;1-2/h16,23H,2,6-15H2,1,3-5H3,(H,21,22);5-9H,2-4H2,1H3;2H,1H3/b18-16+;;. The molecule has 0 aromatic carbocycles. The van der Waals surface area contributed by atoms with Crippen molar-refractivity contribution in [2.75, 3.05) is 26.9 Å². The molecule has 0 aromatic heterocycles. The molecule has 35 heavy (non-hydrogen) atoms. The van der Waals surface area contributed by atoms with E-state index in [4.69, 9.17) is 14.9 Å². The fourth-order valence-corrected chi connectivity index (χ4v) is 3.76. The summed E-state index contributed by atoms with van der Waals surface area (Å²) in [6, 6.07) is 0. The van der Waals surface area contributed by atoms with E-state index < -0.39 is 0 Å². The molecule has 0 bridgehead atoms. The molecule has 1 amide bonds. The number of carbonyl (C=O) groups is 1. The second-order valence-electron chi connectivity index (χ2n) is 10.1. The van der Waals surface area contributed by atoms with Gasteiger partial charge in [-0.1, -0.05) is 72.5 Å². The first-order chi connectivity index (χ1) is 16.5. The van der Waals surface area contributed by atoms with Crippen LogP contribution in [0.3, 0.4) is 0 Å². The average molecular weight is 518 g/mol. The number of thiol groups is 1. The Morgan fingerprint density at radius 2 is 1.80 bits per heavy atom. The number of unbranched alkanes of at least 4 members (excludes halogenated alkanes) is 5. The molecule has 0 aromatic rings. The molecule has 208 valence electrons. The van der Waals surface area contributed by atoms with Crippen LogP contribution in [-0.2, 0) is 9.53 Å². The highest BCUT2D eigenvalue weighted by molar-refractivity contribution is 7.84. The minimum absolute atomic E-state index is 0.0176. The van der Waals surface area contributed by atoms with Crippen LogP contribution in [0.25, 0.3) is 0 Å². The number of aliphatic hydroxyl groups excluding tert-OH is 3. The number of hydrogen-bond donors (Lipinski definition) is 5. The lowest BCUT2D eigenvalue weighted by Crippen LogP contribution is -2.37. The Balaban J connectivity index is 0. The van der Waals surface area contributed by atoms with Crippen molar-refractivity contribution in [2.45, 2.75) is 111 Å². The fourth-order valence-electron chi connectivity index (χ4n) is 3.60. The molecule has 1 aliphatic rings. The highest BCUT2D eigenvalue weighted by Gasteiger charge is 2.25. The Morgan fingerprint density at radius 1 is 1.17 bits per heavy atom. The van der Waals surface area contributed by atoms with E-state index in [0.29, 0.717) is 19.4 Å². The van der Waals surface area contributed by atoms with Crippen molar-refractivity contribution in [2.24, 2.45) is 11.3 Å². The topological polar surface area (TPSA) is 99.0 Å². The summed E-state index contributed by atoms with van der Waals surface area (Å²) in [5.41, 5.74) is 1.24. The maximum atomic E-state index is 11.7. The lowest BCUT2D eigenvalue weighted by molar-refractivity contribution is -0.121. The summed E-state index contributed by atoms with van der Waals surface area (Å²) in [4.78, 5) is 12.7. The van der Waals surface area contributed by atoms with Gasteiger partial charge in [0.15, 0.2) is 0 Å². The molecule has 1 heterocycles. The minimum atomic E-state index is -0.300. The summed E-state index contributed by atoms with van der Waals surface area (Å²) in [5.74, 6) is 0.418. The van der Waals surface area contributed by atoms with E-state index in [2.05, 4.69) is 51.4 Å². The molecule has 0 saturated carbocycles. The van der Waals surface area contributed by atoms with Crippen LogP contribution in [0.4, 0.5) is 0 Å². The first-order valence-electron chi connectivity index (χ1n) is 13.2. The van der Waals surface area contributed by atoms with E-state index in [-0.39, 0.29) is 36.1 Å². The van der Waals surface area contributed by atoms with Crippen molar-refractivity contribution in [3.8, 4) is 0 Å². The Hall–Kier alpha value is -0.860. The Kier molecular flexibility index (Phi) is 23.2. The Labute approximate surface area is 221 Å². The lowest BCUT2D eigenvalue weighted by atomic mass is 9.80. The van der Waals surface area contributed by atoms with Crippen LogP contribution in [-0.4, -0.2) is 60.3 Å². The third-order valence-corrected chi connectivity index (χ3v) is 6.40. The van der Waals surface area contributed by atoms with Crippen LogP contribution in [0.1, 0.15) is 98.8 Å². The number of rotatable bonds is 14. The van der Waals surface area contributed by atoms with E-state index in [1.54, 1.807) is 0 Å². The molecule has 1 rings (SSSR count). The van der Waals surface area contributed by atoms with E-state index in [1.807, 2.05) is 13.8 Å². The number of amides is 1. The predicted molar refractivity (Wildman–Crippen MR) is 151 cm³/mol. The number of nitrogens with one attached hydrogen (secondary N) is 1. The van der Waals surface area contributed by atoms with Crippen LogP contribution in [0.2, 0.25) is 0 Å².